The first-order valence-electron chi connectivity index (χ1n) is 5.89. The SMILES string of the molecule is CN(C)CCOCCNc1cc(C(F)(F)F)ccn1. The van der Waals surface area contributed by atoms with E-state index in [2.05, 4.69) is 10.3 Å². The van der Waals surface area contributed by atoms with Crippen LogP contribution in [0.5, 0.6) is 0 Å². The zero-order chi connectivity index (χ0) is 14.3. The van der Waals surface area contributed by atoms with Gasteiger partial charge in [-0.1, -0.05) is 0 Å². The summed E-state index contributed by atoms with van der Waals surface area (Å²) in [5.41, 5.74) is -0.710. The third kappa shape index (κ3) is 6.40. The van der Waals surface area contributed by atoms with Crippen molar-refractivity contribution in [3.8, 4) is 0 Å². The Bertz CT molecular complexity index is 383. The van der Waals surface area contributed by atoms with Crippen LogP contribution in [0.1, 0.15) is 5.56 Å². The number of pyridine rings is 1. The lowest BCUT2D eigenvalue weighted by molar-refractivity contribution is -0.137. The monoisotopic (exact) mass is 277 g/mol. The van der Waals surface area contributed by atoms with Gasteiger partial charge in [-0.15, -0.1) is 0 Å². The largest absolute Gasteiger partial charge is 0.416 e. The van der Waals surface area contributed by atoms with Crippen LogP contribution in [0, 0.1) is 0 Å². The number of hydrogen-bond donors (Lipinski definition) is 1. The number of alkyl halides is 3. The van der Waals surface area contributed by atoms with Crippen molar-refractivity contribution in [2.75, 3.05) is 45.7 Å². The van der Waals surface area contributed by atoms with Gasteiger partial charge in [0.15, 0.2) is 0 Å². The quantitative estimate of drug-likeness (QED) is 0.774. The highest BCUT2D eigenvalue weighted by molar-refractivity contribution is 5.38. The molecule has 0 saturated carbocycles. The van der Waals surface area contributed by atoms with Gasteiger partial charge in [0.05, 0.1) is 18.8 Å². The van der Waals surface area contributed by atoms with Crippen molar-refractivity contribution in [3.05, 3.63) is 23.9 Å². The summed E-state index contributed by atoms with van der Waals surface area (Å²) in [5, 5.41) is 2.80. The third-order valence-electron chi connectivity index (χ3n) is 2.32. The van der Waals surface area contributed by atoms with Crippen molar-refractivity contribution >= 4 is 5.82 Å². The molecule has 0 unspecified atom stereocenters. The molecule has 4 nitrogen and oxygen atoms in total. The fourth-order valence-electron chi connectivity index (χ4n) is 1.30. The molecule has 0 aliphatic heterocycles. The summed E-state index contributed by atoms with van der Waals surface area (Å²) >= 11 is 0. The van der Waals surface area contributed by atoms with E-state index in [-0.39, 0.29) is 5.82 Å². The third-order valence-corrected chi connectivity index (χ3v) is 2.32. The molecule has 1 aromatic heterocycles. The number of ether oxygens (including phenoxy) is 1. The lowest BCUT2D eigenvalue weighted by atomic mass is 10.2. The zero-order valence-electron chi connectivity index (χ0n) is 11.0. The second-order valence-corrected chi connectivity index (χ2v) is 4.27. The van der Waals surface area contributed by atoms with E-state index in [1.807, 2.05) is 19.0 Å². The van der Waals surface area contributed by atoms with E-state index >= 15 is 0 Å². The van der Waals surface area contributed by atoms with Gasteiger partial charge in [0.2, 0.25) is 0 Å². The molecule has 0 aliphatic carbocycles. The zero-order valence-corrected chi connectivity index (χ0v) is 11.0. The van der Waals surface area contributed by atoms with Gasteiger partial charge in [-0.2, -0.15) is 13.2 Å². The van der Waals surface area contributed by atoms with Crippen LogP contribution < -0.4 is 5.32 Å². The highest BCUT2D eigenvalue weighted by Gasteiger charge is 2.30. The average molecular weight is 277 g/mol. The van der Waals surface area contributed by atoms with Gasteiger partial charge in [0.25, 0.3) is 0 Å². The van der Waals surface area contributed by atoms with Crippen molar-refractivity contribution in [2.24, 2.45) is 0 Å². The molecule has 0 bridgehead atoms. The number of rotatable bonds is 7. The average Bonchev–Trinajstić information content (AvgIpc) is 2.32. The molecule has 1 aromatic rings. The maximum atomic E-state index is 12.4. The standard InChI is InChI=1S/C12H18F3N3O/c1-18(2)6-8-19-7-5-17-11-9-10(3-4-16-11)12(13,14)15/h3-4,9H,5-8H2,1-2H3,(H,16,17). The summed E-state index contributed by atoms with van der Waals surface area (Å²) in [6, 6.07) is 1.93. The van der Waals surface area contributed by atoms with Crippen molar-refractivity contribution in [2.45, 2.75) is 6.18 Å². The maximum absolute atomic E-state index is 12.4. The Morgan fingerprint density at radius 1 is 1.32 bits per heavy atom. The van der Waals surface area contributed by atoms with Gasteiger partial charge in [-0.25, -0.2) is 4.98 Å². The Hall–Kier alpha value is -1.34. The molecule has 0 aromatic carbocycles. The van der Waals surface area contributed by atoms with Gasteiger partial charge < -0.3 is 15.0 Å². The van der Waals surface area contributed by atoms with Gasteiger partial charge in [0, 0.05) is 19.3 Å². The minimum atomic E-state index is -4.35. The molecule has 1 rings (SSSR count). The molecule has 0 radical (unpaired) electrons. The normalized spacial score (nSPS) is 11.9. The highest BCUT2D eigenvalue weighted by Crippen LogP contribution is 2.29. The van der Waals surface area contributed by atoms with Crippen LogP contribution in [0.25, 0.3) is 0 Å². The number of hydrogen-bond acceptors (Lipinski definition) is 4. The molecule has 7 heteroatoms. The summed E-state index contributed by atoms with van der Waals surface area (Å²) in [6.07, 6.45) is -3.21. The summed E-state index contributed by atoms with van der Waals surface area (Å²) in [6.45, 7) is 2.24. The number of anilines is 1. The highest BCUT2D eigenvalue weighted by atomic mass is 19.4. The fourth-order valence-corrected chi connectivity index (χ4v) is 1.30. The summed E-state index contributed by atoms with van der Waals surface area (Å²) in [7, 11) is 3.88. The maximum Gasteiger partial charge on any atom is 0.416 e. The first-order chi connectivity index (χ1) is 8.89. The van der Waals surface area contributed by atoms with Crippen molar-refractivity contribution in [1.29, 1.82) is 0 Å². The molecule has 19 heavy (non-hydrogen) atoms. The number of nitrogens with zero attached hydrogens (tertiary/aromatic N) is 2. The van der Waals surface area contributed by atoms with E-state index in [0.717, 1.165) is 24.9 Å². The van der Waals surface area contributed by atoms with E-state index in [4.69, 9.17) is 4.74 Å². The fraction of sp³-hybridized carbons (Fsp3) is 0.583. The van der Waals surface area contributed by atoms with Gasteiger partial charge in [-0.3, -0.25) is 0 Å². The molecule has 108 valence electrons. The summed E-state index contributed by atoms with van der Waals surface area (Å²) < 4.78 is 42.7. The lowest BCUT2D eigenvalue weighted by Gasteiger charge is -2.11. The van der Waals surface area contributed by atoms with E-state index in [1.54, 1.807) is 0 Å². The van der Waals surface area contributed by atoms with Crippen molar-refractivity contribution in [3.63, 3.8) is 0 Å². The molecule has 1 N–H and O–H groups in total. The van der Waals surface area contributed by atoms with Crippen LogP contribution in [0.2, 0.25) is 0 Å². The second kappa shape index (κ2) is 7.30. The Kier molecular flexibility index (Phi) is 6.04. The van der Waals surface area contributed by atoms with Crippen LogP contribution in [0.3, 0.4) is 0 Å². The van der Waals surface area contributed by atoms with Crippen molar-refractivity contribution < 1.29 is 17.9 Å². The molecule has 0 fully saturated rings. The molecule has 0 saturated heterocycles. The Morgan fingerprint density at radius 3 is 2.68 bits per heavy atom. The molecule has 0 spiro atoms. The predicted molar refractivity (Wildman–Crippen MR) is 67.1 cm³/mol. The molecule has 0 amide bonds. The minimum Gasteiger partial charge on any atom is -0.378 e. The van der Waals surface area contributed by atoms with Gasteiger partial charge in [-0.05, 0) is 26.2 Å². The smallest absolute Gasteiger partial charge is 0.378 e. The van der Waals surface area contributed by atoms with E-state index in [1.165, 1.54) is 0 Å². The Labute approximate surface area is 110 Å². The van der Waals surface area contributed by atoms with Crippen LogP contribution >= 0.6 is 0 Å². The van der Waals surface area contributed by atoms with Gasteiger partial charge in [0.1, 0.15) is 5.82 Å². The van der Waals surface area contributed by atoms with Crippen LogP contribution in [0.4, 0.5) is 19.0 Å². The number of aromatic nitrogens is 1. The van der Waals surface area contributed by atoms with Gasteiger partial charge >= 0.3 is 6.18 Å². The molecule has 1 heterocycles. The molecular formula is C12H18F3N3O. The first-order valence-corrected chi connectivity index (χ1v) is 5.89. The number of nitrogens with one attached hydrogen (secondary N) is 1. The van der Waals surface area contributed by atoms with Crippen molar-refractivity contribution in [1.82, 2.24) is 9.88 Å². The number of likely N-dealkylation sites (N-methyl/N-ethyl adjacent to an activating group) is 1. The lowest BCUT2D eigenvalue weighted by Crippen LogP contribution is -2.20. The van der Waals surface area contributed by atoms with E-state index < -0.39 is 11.7 Å². The molecular weight excluding hydrogens is 259 g/mol. The van der Waals surface area contributed by atoms with Crippen LogP contribution in [-0.4, -0.2) is 50.3 Å². The number of halogens is 3. The topological polar surface area (TPSA) is 37.4 Å². The predicted octanol–water partition coefficient (Wildman–Crippen LogP) is 2.09. The van der Waals surface area contributed by atoms with E-state index in [9.17, 15) is 13.2 Å². The minimum absolute atomic E-state index is 0.200. The second-order valence-electron chi connectivity index (χ2n) is 4.27. The summed E-state index contributed by atoms with van der Waals surface area (Å²) in [4.78, 5) is 5.81. The van der Waals surface area contributed by atoms with Crippen LogP contribution in [-0.2, 0) is 10.9 Å². The Balaban J connectivity index is 2.30. The first kappa shape index (κ1) is 15.7. The summed E-state index contributed by atoms with van der Waals surface area (Å²) in [5.74, 6) is 0.200. The van der Waals surface area contributed by atoms with Crippen LogP contribution in [0.15, 0.2) is 18.3 Å². The Morgan fingerprint density at radius 2 is 2.05 bits per heavy atom. The molecule has 0 atom stereocenters. The van der Waals surface area contributed by atoms with E-state index in [0.29, 0.717) is 19.8 Å². The molecule has 0 aliphatic rings.